The van der Waals surface area contributed by atoms with Crippen molar-refractivity contribution in [1.29, 1.82) is 0 Å². The number of nitrogens with zero attached hydrogens (tertiary/aromatic N) is 3. The number of rotatable bonds is 6. The summed E-state index contributed by atoms with van der Waals surface area (Å²) >= 11 is 0. The van der Waals surface area contributed by atoms with Crippen LogP contribution in [0.4, 0.5) is 23.3 Å². The predicted molar refractivity (Wildman–Crippen MR) is 118 cm³/mol. The molecule has 3 aromatic rings. The van der Waals surface area contributed by atoms with Crippen LogP contribution in [0.5, 0.6) is 5.75 Å². The minimum atomic E-state index is 0.0563. The molecule has 29 heavy (non-hydrogen) atoms. The average molecular weight is 392 g/mol. The lowest BCUT2D eigenvalue weighted by atomic mass is 9.87. The molecule has 0 fully saturated rings. The quantitative estimate of drug-likeness (QED) is 0.487. The van der Waals surface area contributed by atoms with E-state index in [2.05, 4.69) is 72.3 Å². The number of hydrogen-bond acceptors (Lipinski definition) is 6. The standard InChI is InChI=1S/C23H29N5O/c1-6-15(2)20-26-21(24-17-10-7-9-16(13-17)23(3,4)5)28-22(27-20)25-18-11-8-12-19(29)14-18/h7-15,29H,6H2,1-5H3,(H2,24,25,26,27,28). The summed E-state index contributed by atoms with van der Waals surface area (Å²) in [4.78, 5) is 13.7. The van der Waals surface area contributed by atoms with Gasteiger partial charge in [-0.1, -0.05) is 52.8 Å². The van der Waals surface area contributed by atoms with Gasteiger partial charge in [-0.05, 0) is 41.7 Å². The van der Waals surface area contributed by atoms with Crippen molar-refractivity contribution in [2.24, 2.45) is 0 Å². The number of phenolic OH excluding ortho intramolecular Hbond substituents is 1. The number of benzene rings is 2. The Morgan fingerprint density at radius 2 is 1.48 bits per heavy atom. The molecule has 6 heteroatoms. The fourth-order valence-corrected chi connectivity index (χ4v) is 2.81. The zero-order valence-corrected chi connectivity index (χ0v) is 17.7. The highest BCUT2D eigenvalue weighted by molar-refractivity contribution is 5.59. The first-order valence-corrected chi connectivity index (χ1v) is 9.94. The molecular formula is C23H29N5O. The first-order valence-electron chi connectivity index (χ1n) is 9.94. The van der Waals surface area contributed by atoms with E-state index in [0.717, 1.165) is 17.9 Å². The van der Waals surface area contributed by atoms with E-state index in [1.807, 2.05) is 18.2 Å². The molecule has 1 heterocycles. The van der Waals surface area contributed by atoms with Gasteiger partial charge < -0.3 is 15.7 Å². The number of phenols is 1. The van der Waals surface area contributed by atoms with Gasteiger partial charge in [0.15, 0.2) is 0 Å². The molecule has 0 bridgehead atoms. The van der Waals surface area contributed by atoms with Crippen molar-refractivity contribution in [3.8, 4) is 5.75 Å². The Morgan fingerprint density at radius 1 is 0.897 bits per heavy atom. The van der Waals surface area contributed by atoms with Gasteiger partial charge in [-0.2, -0.15) is 15.0 Å². The number of aromatic nitrogens is 3. The van der Waals surface area contributed by atoms with Crippen LogP contribution in [0.3, 0.4) is 0 Å². The van der Waals surface area contributed by atoms with Crippen LogP contribution in [0.25, 0.3) is 0 Å². The summed E-state index contributed by atoms with van der Waals surface area (Å²) in [5, 5.41) is 16.2. The Morgan fingerprint density at radius 3 is 2.03 bits per heavy atom. The highest BCUT2D eigenvalue weighted by Gasteiger charge is 2.15. The van der Waals surface area contributed by atoms with Gasteiger partial charge >= 0.3 is 0 Å². The van der Waals surface area contributed by atoms with Crippen LogP contribution in [0.15, 0.2) is 48.5 Å². The van der Waals surface area contributed by atoms with E-state index in [1.165, 1.54) is 5.56 Å². The topological polar surface area (TPSA) is 83.0 Å². The summed E-state index contributed by atoms with van der Waals surface area (Å²) in [7, 11) is 0. The average Bonchev–Trinajstić information content (AvgIpc) is 2.66. The van der Waals surface area contributed by atoms with Gasteiger partial charge in [0, 0.05) is 23.4 Å². The van der Waals surface area contributed by atoms with E-state index in [-0.39, 0.29) is 17.1 Å². The molecule has 1 unspecified atom stereocenters. The lowest BCUT2D eigenvalue weighted by molar-refractivity contribution is 0.475. The Bertz CT molecular complexity index is 981. The number of anilines is 4. The highest BCUT2D eigenvalue weighted by atomic mass is 16.3. The van der Waals surface area contributed by atoms with Crippen LogP contribution in [-0.2, 0) is 5.41 Å². The molecule has 0 aliphatic heterocycles. The second-order valence-electron chi connectivity index (χ2n) is 8.28. The Kier molecular flexibility index (Phi) is 6.01. The van der Waals surface area contributed by atoms with Gasteiger partial charge in [0.25, 0.3) is 0 Å². The zero-order valence-electron chi connectivity index (χ0n) is 17.7. The summed E-state index contributed by atoms with van der Waals surface area (Å²) in [6, 6.07) is 15.2. The fraction of sp³-hybridized carbons (Fsp3) is 0.348. The smallest absolute Gasteiger partial charge is 0.232 e. The van der Waals surface area contributed by atoms with Crippen molar-refractivity contribution in [3.63, 3.8) is 0 Å². The lowest BCUT2D eigenvalue weighted by Gasteiger charge is -2.20. The summed E-state index contributed by atoms with van der Waals surface area (Å²) in [5.74, 6) is 2.03. The van der Waals surface area contributed by atoms with E-state index in [9.17, 15) is 5.11 Å². The molecule has 3 N–H and O–H groups in total. The lowest BCUT2D eigenvalue weighted by Crippen LogP contribution is -2.12. The number of aromatic hydroxyl groups is 1. The van der Waals surface area contributed by atoms with E-state index in [1.54, 1.807) is 18.2 Å². The fourth-order valence-electron chi connectivity index (χ4n) is 2.81. The maximum atomic E-state index is 9.71. The minimum Gasteiger partial charge on any atom is -0.508 e. The summed E-state index contributed by atoms with van der Waals surface area (Å²) in [5.41, 5.74) is 2.94. The molecular weight excluding hydrogens is 362 g/mol. The van der Waals surface area contributed by atoms with Crippen molar-refractivity contribution in [2.75, 3.05) is 10.6 Å². The van der Waals surface area contributed by atoms with E-state index in [4.69, 9.17) is 0 Å². The van der Waals surface area contributed by atoms with Crippen LogP contribution in [0.2, 0.25) is 0 Å². The molecule has 0 spiro atoms. The minimum absolute atomic E-state index is 0.0563. The molecule has 1 atom stereocenters. The molecule has 0 saturated heterocycles. The van der Waals surface area contributed by atoms with Crippen molar-refractivity contribution < 1.29 is 5.11 Å². The van der Waals surface area contributed by atoms with Gasteiger partial charge in [0.2, 0.25) is 11.9 Å². The van der Waals surface area contributed by atoms with Gasteiger partial charge in [-0.25, -0.2) is 0 Å². The van der Waals surface area contributed by atoms with Crippen LogP contribution < -0.4 is 10.6 Å². The summed E-state index contributed by atoms with van der Waals surface area (Å²) in [6.07, 6.45) is 0.925. The number of hydrogen-bond donors (Lipinski definition) is 3. The second kappa shape index (κ2) is 8.47. The third-order valence-electron chi connectivity index (χ3n) is 4.79. The van der Waals surface area contributed by atoms with Gasteiger partial charge in [-0.3, -0.25) is 0 Å². The maximum absolute atomic E-state index is 9.71. The largest absolute Gasteiger partial charge is 0.508 e. The monoisotopic (exact) mass is 391 g/mol. The van der Waals surface area contributed by atoms with Crippen LogP contribution in [0.1, 0.15) is 58.3 Å². The van der Waals surface area contributed by atoms with Crippen molar-refractivity contribution >= 4 is 23.3 Å². The van der Waals surface area contributed by atoms with E-state index < -0.39 is 0 Å². The molecule has 0 amide bonds. The second-order valence-corrected chi connectivity index (χ2v) is 8.28. The zero-order chi connectivity index (χ0) is 21.0. The first-order chi connectivity index (χ1) is 13.7. The molecule has 6 nitrogen and oxygen atoms in total. The van der Waals surface area contributed by atoms with E-state index in [0.29, 0.717) is 17.6 Å². The SMILES string of the molecule is CCC(C)c1nc(Nc2cccc(O)c2)nc(Nc2cccc(C(C)(C)C)c2)n1. The molecule has 0 aliphatic rings. The van der Waals surface area contributed by atoms with Crippen molar-refractivity contribution in [1.82, 2.24) is 15.0 Å². The number of nitrogens with one attached hydrogen (secondary N) is 2. The third kappa shape index (κ3) is 5.44. The predicted octanol–water partition coefficient (Wildman–Crippen LogP) is 5.88. The maximum Gasteiger partial charge on any atom is 0.232 e. The van der Waals surface area contributed by atoms with Crippen LogP contribution >= 0.6 is 0 Å². The molecule has 3 rings (SSSR count). The first kappa shape index (κ1) is 20.6. The third-order valence-corrected chi connectivity index (χ3v) is 4.79. The molecule has 2 aromatic carbocycles. The molecule has 0 radical (unpaired) electrons. The van der Waals surface area contributed by atoms with Gasteiger partial charge in [-0.15, -0.1) is 0 Å². The Balaban J connectivity index is 1.93. The Hall–Kier alpha value is -3.15. The molecule has 0 aliphatic carbocycles. The van der Waals surface area contributed by atoms with Crippen molar-refractivity contribution in [3.05, 3.63) is 59.9 Å². The molecule has 0 saturated carbocycles. The van der Waals surface area contributed by atoms with Gasteiger partial charge in [0.05, 0.1) is 0 Å². The normalized spacial score (nSPS) is 12.4. The van der Waals surface area contributed by atoms with Crippen LogP contribution in [-0.4, -0.2) is 20.1 Å². The summed E-state index contributed by atoms with van der Waals surface area (Å²) < 4.78 is 0. The molecule has 152 valence electrons. The van der Waals surface area contributed by atoms with Crippen LogP contribution in [0, 0.1) is 0 Å². The van der Waals surface area contributed by atoms with Gasteiger partial charge in [0.1, 0.15) is 11.6 Å². The molecule has 1 aromatic heterocycles. The van der Waals surface area contributed by atoms with Crippen molar-refractivity contribution in [2.45, 2.75) is 52.4 Å². The summed E-state index contributed by atoms with van der Waals surface area (Å²) in [6.45, 7) is 10.8. The Labute approximate surface area is 172 Å². The highest BCUT2D eigenvalue weighted by Crippen LogP contribution is 2.27. The van der Waals surface area contributed by atoms with E-state index >= 15 is 0 Å².